The molecule has 0 atom stereocenters. The van der Waals surface area contributed by atoms with Gasteiger partial charge in [-0.1, -0.05) is 18.2 Å². The maximum Gasteiger partial charge on any atom is 0.256 e. The number of hydrogen-bond acceptors (Lipinski definition) is 5. The number of thioether (sulfide) groups is 1. The fourth-order valence-corrected chi connectivity index (χ4v) is 3.26. The normalized spacial score (nSPS) is 13.0. The molecule has 6 nitrogen and oxygen atoms in total. The lowest BCUT2D eigenvalue weighted by atomic mass is 10.1. The van der Waals surface area contributed by atoms with Gasteiger partial charge in [0.15, 0.2) is 6.79 Å². The highest BCUT2D eigenvalue weighted by atomic mass is 32.2. The molecule has 1 aromatic heterocycles. The molecule has 1 aliphatic rings. The van der Waals surface area contributed by atoms with E-state index in [0.29, 0.717) is 18.0 Å². The van der Waals surface area contributed by atoms with Crippen LogP contribution in [0, 0.1) is 0 Å². The molecule has 0 aliphatic carbocycles. The van der Waals surface area contributed by atoms with E-state index in [9.17, 15) is 4.79 Å². The Hall–Kier alpha value is -2.77. The maximum absolute atomic E-state index is 12.8. The van der Waals surface area contributed by atoms with Crippen molar-refractivity contribution in [2.24, 2.45) is 0 Å². The van der Waals surface area contributed by atoms with E-state index in [2.05, 4.69) is 10.4 Å². The van der Waals surface area contributed by atoms with Gasteiger partial charge in [0.1, 0.15) is 11.6 Å². The molecule has 3 aromatic rings. The predicted octanol–water partition coefficient (Wildman–Crippen LogP) is 3.71. The minimum atomic E-state index is -0.202. The van der Waals surface area contributed by atoms with Gasteiger partial charge >= 0.3 is 0 Å². The summed E-state index contributed by atoms with van der Waals surface area (Å²) in [5.74, 6) is 1.21. The van der Waals surface area contributed by atoms with Crippen LogP contribution in [-0.2, 0) is 11.3 Å². The van der Waals surface area contributed by atoms with Crippen molar-refractivity contribution in [1.29, 1.82) is 0 Å². The lowest BCUT2D eigenvalue weighted by Crippen LogP contribution is -2.17. The average molecular weight is 367 g/mol. The van der Waals surface area contributed by atoms with Crippen molar-refractivity contribution >= 4 is 23.5 Å². The number of benzene rings is 2. The molecule has 1 amide bonds. The summed E-state index contributed by atoms with van der Waals surface area (Å²) < 4.78 is 12.4. The Labute approximate surface area is 155 Å². The van der Waals surface area contributed by atoms with Gasteiger partial charge in [-0.05, 0) is 36.6 Å². The molecular formula is C19H17N3O3S. The van der Waals surface area contributed by atoms with Crippen molar-refractivity contribution < 1.29 is 14.3 Å². The summed E-state index contributed by atoms with van der Waals surface area (Å²) in [6.07, 6.45) is 3.71. The standard InChI is InChI=1S/C19H17N3O3S/c1-26-17-10-20-22(15-5-3-2-4-6-15)18(17)21-19(23)13-7-8-16-14(9-13)11-24-12-25-16/h2-10H,11-12H2,1H3,(H,21,23). The first-order valence-corrected chi connectivity index (χ1v) is 9.31. The van der Waals surface area contributed by atoms with E-state index < -0.39 is 0 Å². The van der Waals surface area contributed by atoms with Gasteiger partial charge in [-0.15, -0.1) is 11.8 Å². The fourth-order valence-electron chi connectivity index (χ4n) is 2.77. The van der Waals surface area contributed by atoms with Crippen molar-refractivity contribution in [3.63, 3.8) is 0 Å². The van der Waals surface area contributed by atoms with E-state index >= 15 is 0 Å². The molecule has 0 saturated carbocycles. The van der Waals surface area contributed by atoms with Crippen LogP contribution in [0.15, 0.2) is 59.6 Å². The molecule has 0 unspecified atom stereocenters. The maximum atomic E-state index is 12.8. The number of para-hydroxylation sites is 1. The van der Waals surface area contributed by atoms with Gasteiger partial charge in [0.05, 0.1) is 23.4 Å². The van der Waals surface area contributed by atoms with E-state index in [4.69, 9.17) is 9.47 Å². The highest BCUT2D eigenvalue weighted by molar-refractivity contribution is 7.98. The molecule has 132 valence electrons. The minimum absolute atomic E-state index is 0.202. The van der Waals surface area contributed by atoms with Crippen LogP contribution in [-0.4, -0.2) is 28.7 Å². The number of amides is 1. The van der Waals surface area contributed by atoms with Crippen LogP contribution in [0.5, 0.6) is 5.75 Å². The van der Waals surface area contributed by atoms with E-state index in [1.54, 1.807) is 29.1 Å². The van der Waals surface area contributed by atoms with Gasteiger partial charge < -0.3 is 14.8 Å². The number of hydrogen-bond donors (Lipinski definition) is 1. The zero-order valence-corrected chi connectivity index (χ0v) is 15.0. The van der Waals surface area contributed by atoms with Gasteiger partial charge in [-0.25, -0.2) is 4.68 Å². The third-order valence-electron chi connectivity index (χ3n) is 4.07. The van der Waals surface area contributed by atoms with Crippen molar-refractivity contribution in [1.82, 2.24) is 9.78 Å². The Balaban J connectivity index is 1.65. The summed E-state index contributed by atoms with van der Waals surface area (Å²) in [5, 5.41) is 7.41. The van der Waals surface area contributed by atoms with Crippen molar-refractivity contribution in [2.75, 3.05) is 18.4 Å². The second kappa shape index (κ2) is 7.23. The Bertz CT molecular complexity index is 940. The number of fused-ring (bicyclic) bond motifs is 1. The predicted molar refractivity (Wildman–Crippen MR) is 100 cm³/mol. The highest BCUT2D eigenvalue weighted by Gasteiger charge is 2.18. The van der Waals surface area contributed by atoms with Crippen LogP contribution in [0.2, 0.25) is 0 Å². The molecule has 0 fully saturated rings. The summed E-state index contributed by atoms with van der Waals surface area (Å²) in [6.45, 7) is 0.681. The Morgan fingerprint density at radius 2 is 2.08 bits per heavy atom. The molecule has 26 heavy (non-hydrogen) atoms. The van der Waals surface area contributed by atoms with Crippen molar-refractivity contribution in [2.45, 2.75) is 11.5 Å². The molecular weight excluding hydrogens is 350 g/mol. The largest absolute Gasteiger partial charge is 0.467 e. The number of carbonyl (C=O) groups is 1. The molecule has 4 rings (SSSR count). The number of anilines is 1. The first-order valence-electron chi connectivity index (χ1n) is 8.08. The SMILES string of the molecule is CSc1cnn(-c2ccccc2)c1NC(=O)c1ccc2c(c1)COCO2. The molecule has 0 bridgehead atoms. The number of rotatable bonds is 4. The van der Waals surface area contributed by atoms with Gasteiger partial charge in [0.25, 0.3) is 5.91 Å². The molecule has 0 radical (unpaired) electrons. The van der Waals surface area contributed by atoms with Crippen LogP contribution in [0.4, 0.5) is 5.82 Å². The number of nitrogens with one attached hydrogen (secondary N) is 1. The summed E-state index contributed by atoms with van der Waals surface area (Å²) in [5.41, 5.74) is 2.30. The van der Waals surface area contributed by atoms with Crippen LogP contribution < -0.4 is 10.1 Å². The smallest absolute Gasteiger partial charge is 0.256 e. The van der Waals surface area contributed by atoms with Gasteiger partial charge in [-0.2, -0.15) is 5.10 Å². The van der Waals surface area contributed by atoms with E-state index in [1.807, 2.05) is 36.6 Å². The Kier molecular flexibility index (Phi) is 4.64. The number of aromatic nitrogens is 2. The van der Waals surface area contributed by atoms with Crippen molar-refractivity contribution in [3.8, 4) is 11.4 Å². The van der Waals surface area contributed by atoms with Crippen molar-refractivity contribution in [3.05, 3.63) is 65.9 Å². The van der Waals surface area contributed by atoms with Gasteiger partial charge in [-0.3, -0.25) is 4.79 Å². The van der Waals surface area contributed by atoms with Crippen LogP contribution >= 0.6 is 11.8 Å². The Morgan fingerprint density at radius 3 is 2.88 bits per heavy atom. The lowest BCUT2D eigenvalue weighted by Gasteiger charge is -2.18. The average Bonchev–Trinajstić information content (AvgIpc) is 3.10. The fraction of sp³-hybridized carbons (Fsp3) is 0.158. The molecule has 2 aromatic carbocycles. The Morgan fingerprint density at radius 1 is 1.23 bits per heavy atom. The molecule has 0 saturated heterocycles. The number of carbonyl (C=O) groups excluding carboxylic acids is 1. The number of ether oxygens (including phenoxy) is 2. The molecule has 2 heterocycles. The number of nitrogens with zero attached hydrogens (tertiary/aromatic N) is 2. The third kappa shape index (κ3) is 3.18. The summed E-state index contributed by atoms with van der Waals surface area (Å²) >= 11 is 1.53. The van der Waals surface area contributed by atoms with Crippen LogP contribution in [0.1, 0.15) is 15.9 Å². The first kappa shape index (κ1) is 16.7. The summed E-state index contributed by atoms with van der Waals surface area (Å²) in [7, 11) is 0. The first-order chi connectivity index (χ1) is 12.8. The van der Waals surface area contributed by atoms with Crippen LogP contribution in [0.3, 0.4) is 0 Å². The van der Waals surface area contributed by atoms with Gasteiger partial charge in [0.2, 0.25) is 0 Å². The summed E-state index contributed by atoms with van der Waals surface area (Å²) in [4.78, 5) is 13.7. The van der Waals surface area contributed by atoms with E-state index in [-0.39, 0.29) is 12.7 Å². The monoisotopic (exact) mass is 367 g/mol. The summed E-state index contributed by atoms with van der Waals surface area (Å²) in [6, 6.07) is 15.1. The lowest BCUT2D eigenvalue weighted by molar-refractivity contribution is -0.0163. The third-order valence-corrected chi connectivity index (χ3v) is 4.80. The minimum Gasteiger partial charge on any atom is -0.467 e. The zero-order chi connectivity index (χ0) is 17.9. The van der Waals surface area contributed by atoms with Gasteiger partial charge in [0, 0.05) is 11.1 Å². The zero-order valence-electron chi connectivity index (χ0n) is 14.1. The van der Waals surface area contributed by atoms with Crippen LogP contribution in [0.25, 0.3) is 5.69 Å². The molecule has 0 spiro atoms. The molecule has 7 heteroatoms. The quantitative estimate of drug-likeness (QED) is 0.712. The van der Waals surface area contributed by atoms with E-state index in [0.717, 1.165) is 21.9 Å². The second-order valence-electron chi connectivity index (χ2n) is 5.70. The highest BCUT2D eigenvalue weighted by Crippen LogP contribution is 2.29. The second-order valence-corrected chi connectivity index (χ2v) is 6.54. The topological polar surface area (TPSA) is 65.4 Å². The van der Waals surface area contributed by atoms with E-state index in [1.165, 1.54) is 11.8 Å². The molecule has 1 N–H and O–H groups in total. The molecule has 1 aliphatic heterocycles.